The summed E-state index contributed by atoms with van der Waals surface area (Å²) in [6.45, 7) is 7.15. The van der Waals surface area contributed by atoms with Crippen LogP contribution in [-0.2, 0) is 24.7 Å². The van der Waals surface area contributed by atoms with Crippen LogP contribution >= 0.6 is 11.3 Å². The van der Waals surface area contributed by atoms with Crippen LogP contribution in [0.3, 0.4) is 0 Å². The molecule has 59 heavy (non-hydrogen) atoms. The van der Waals surface area contributed by atoms with Gasteiger partial charge in [0, 0.05) is 25.6 Å². The maximum Gasteiger partial charge on any atom is 0.126 e. The Morgan fingerprint density at radius 3 is 1.95 bits per heavy atom. The zero-order chi connectivity index (χ0) is 40.1. The summed E-state index contributed by atoms with van der Waals surface area (Å²) in [4.78, 5) is 0. The van der Waals surface area contributed by atoms with E-state index in [4.69, 9.17) is 0 Å². The molecule has 8 aromatic carbocycles. The maximum atomic E-state index is 15.1. The second-order valence-electron chi connectivity index (χ2n) is 17.3. The highest BCUT2D eigenvalue weighted by molar-refractivity contribution is 7.26. The SMILES string of the molecule is CC(c1ccc2c(c1)C(C)(C)c1cc(CCC(Cc3cccc4c3sc3ccccc34)c3ccccc3)c3ccccc3c1-2)C(Cc1ccccc1F)c1ccccc1. The summed E-state index contributed by atoms with van der Waals surface area (Å²) in [5.74, 6) is 0.573. The maximum absolute atomic E-state index is 15.1. The van der Waals surface area contributed by atoms with Crippen LogP contribution in [0.15, 0.2) is 176 Å². The molecule has 0 bridgehead atoms. The molecular weight excluding hydrogens is 736 g/mol. The number of hydrogen-bond acceptors (Lipinski definition) is 1. The van der Waals surface area contributed by atoms with Crippen LogP contribution in [0.25, 0.3) is 42.1 Å². The van der Waals surface area contributed by atoms with Crippen LogP contribution < -0.4 is 0 Å². The van der Waals surface area contributed by atoms with E-state index < -0.39 is 0 Å². The van der Waals surface area contributed by atoms with Crippen molar-refractivity contribution in [2.24, 2.45) is 0 Å². The van der Waals surface area contributed by atoms with E-state index in [1.54, 1.807) is 12.1 Å². The summed E-state index contributed by atoms with van der Waals surface area (Å²) in [5.41, 5.74) is 13.0. The molecule has 0 radical (unpaired) electrons. The van der Waals surface area contributed by atoms with Crippen LogP contribution in [0.1, 0.15) is 89.5 Å². The van der Waals surface area contributed by atoms with Crippen LogP contribution in [-0.4, -0.2) is 0 Å². The van der Waals surface area contributed by atoms with E-state index in [0.717, 1.165) is 24.8 Å². The van der Waals surface area contributed by atoms with Gasteiger partial charge in [-0.15, -0.1) is 11.3 Å². The molecule has 0 saturated carbocycles. The molecular formula is C57H49FS. The molecule has 0 saturated heterocycles. The van der Waals surface area contributed by atoms with Crippen molar-refractivity contribution in [3.63, 3.8) is 0 Å². The Kier molecular flexibility index (Phi) is 9.78. The van der Waals surface area contributed by atoms with Crippen molar-refractivity contribution in [3.05, 3.63) is 226 Å². The van der Waals surface area contributed by atoms with Crippen molar-refractivity contribution in [1.82, 2.24) is 0 Å². The molecule has 0 nitrogen and oxygen atoms in total. The number of rotatable bonds is 11. The number of halogens is 1. The molecule has 0 amide bonds. The molecule has 1 aliphatic carbocycles. The lowest BCUT2D eigenvalue weighted by Crippen LogP contribution is -2.17. The van der Waals surface area contributed by atoms with E-state index in [1.165, 1.54) is 81.0 Å². The van der Waals surface area contributed by atoms with Crippen molar-refractivity contribution in [2.75, 3.05) is 0 Å². The molecule has 0 spiro atoms. The van der Waals surface area contributed by atoms with Gasteiger partial charge >= 0.3 is 0 Å². The van der Waals surface area contributed by atoms with Gasteiger partial charge in [0.25, 0.3) is 0 Å². The Morgan fingerprint density at radius 1 is 0.525 bits per heavy atom. The number of fused-ring (bicyclic) bond motifs is 8. The third-order valence-electron chi connectivity index (χ3n) is 13.5. The summed E-state index contributed by atoms with van der Waals surface area (Å²) >= 11 is 1.94. The summed E-state index contributed by atoms with van der Waals surface area (Å²) in [7, 11) is 0. The first-order valence-electron chi connectivity index (χ1n) is 21.3. The average Bonchev–Trinajstić information content (AvgIpc) is 3.77. The lowest BCUT2D eigenvalue weighted by molar-refractivity contribution is 0.543. The third kappa shape index (κ3) is 6.78. The van der Waals surface area contributed by atoms with Gasteiger partial charge in [-0.05, 0) is 122 Å². The second-order valence-corrected chi connectivity index (χ2v) is 18.3. The van der Waals surface area contributed by atoms with E-state index in [1.807, 2.05) is 23.5 Å². The van der Waals surface area contributed by atoms with Crippen molar-refractivity contribution in [2.45, 2.75) is 69.6 Å². The van der Waals surface area contributed by atoms with Gasteiger partial charge < -0.3 is 0 Å². The van der Waals surface area contributed by atoms with Crippen LogP contribution in [0.4, 0.5) is 4.39 Å². The Morgan fingerprint density at radius 2 is 1.17 bits per heavy atom. The summed E-state index contributed by atoms with van der Waals surface area (Å²) < 4.78 is 17.9. The van der Waals surface area contributed by atoms with Gasteiger partial charge in [0.05, 0.1) is 0 Å². The highest BCUT2D eigenvalue weighted by Crippen LogP contribution is 2.53. The van der Waals surface area contributed by atoms with Crippen LogP contribution in [0.2, 0.25) is 0 Å². The fraction of sp³-hybridized carbons (Fsp3) is 0.193. The van der Waals surface area contributed by atoms with E-state index in [-0.39, 0.29) is 23.1 Å². The Balaban J connectivity index is 0.999. The standard InChI is InChI=1S/C57H49FS/c1-37(50(39-19-8-5-9-20-39)34-43-21-10-14-27-53(43)58)40-31-32-49-51(35-40)57(2,3)52-36-42(45-23-11-12-25-47(45)55(49)52)30-29-41(38-17-6-4-7-18-38)33-44-22-16-26-48-46-24-13-15-28-54(46)59-56(44)48/h4-28,31-32,35-37,41,50H,29-30,33-34H2,1-3H3. The second kappa shape index (κ2) is 15.4. The number of benzene rings is 8. The fourth-order valence-corrected chi connectivity index (χ4v) is 11.5. The lowest BCUT2D eigenvalue weighted by atomic mass is 9.76. The molecule has 3 atom stereocenters. The molecule has 10 rings (SSSR count). The highest BCUT2D eigenvalue weighted by atomic mass is 32.1. The first-order chi connectivity index (χ1) is 28.8. The predicted molar refractivity (Wildman–Crippen MR) is 250 cm³/mol. The normalized spacial score (nSPS) is 14.6. The van der Waals surface area contributed by atoms with Gasteiger partial charge in [-0.2, -0.15) is 0 Å². The zero-order valence-corrected chi connectivity index (χ0v) is 34.9. The van der Waals surface area contributed by atoms with E-state index in [0.29, 0.717) is 12.3 Å². The molecule has 0 N–H and O–H groups in total. The molecule has 9 aromatic rings. The van der Waals surface area contributed by atoms with E-state index in [2.05, 4.69) is 172 Å². The van der Waals surface area contributed by atoms with Crippen LogP contribution in [0, 0.1) is 5.82 Å². The summed E-state index contributed by atoms with van der Waals surface area (Å²) in [5, 5.41) is 5.44. The summed E-state index contributed by atoms with van der Waals surface area (Å²) in [6, 6.07) is 63.7. The molecule has 0 fully saturated rings. The topological polar surface area (TPSA) is 0 Å². The minimum absolute atomic E-state index is 0.127. The Bertz CT molecular complexity index is 2960. The van der Waals surface area contributed by atoms with E-state index >= 15 is 4.39 Å². The quantitative estimate of drug-likeness (QED) is 0.123. The van der Waals surface area contributed by atoms with Gasteiger partial charge in [-0.3, -0.25) is 0 Å². The average molecular weight is 785 g/mol. The number of thiophene rings is 1. The van der Waals surface area contributed by atoms with E-state index in [9.17, 15) is 0 Å². The lowest BCUT2D eigenvalue weighted by Gasteiger charge is -2.28. The third-order valence-corrected chi connectivity index (χ3v) is 14.8. The molecule has 0 aliphatic heterocycles. The Hall–Kier alpha value is -5.83. The minimum atomic E-state index is -0.178. The Labute approximate surface area is 352 Å². The van der Waals surface area contributed by atoms with Crippen molar-refractivity contribution in [1.29, 1.82) is 0 Å². The molecule has 1 heterocycles. The zero-order valence-electron chi connectivity index (χ0n) is 34.1. The summed E-state index contributed by atoms with van der Waals surface area (Å²) in [6.07, 6.45) is 3.72. The van der Waals surface area contributed by atoms with Crippen LogP contribution in [0.5, 0.6) is 0 Å². The predicted octanol–water partition coefficient (Wildman–Crippen LogP) is 15.7. The number of aryl methyl sites for hydroxylation is 1. The minimum Gasteiger partial charge on any atom is -0.207 e. The molecule has 1 aliphatic rings. The van der Waals surface area contributed by atoms with Crippen molar-refractivity contribution < 1.29 is 4.39 Å². The first-order valence-corrected chi connectivity index (χ1v) is 22.1. The first kappa shape index (κ1) is 37.4. The largest absolute Gasteiger partial charge is 0.207 e. The number of hydrogen-bond donors (Lipinski definition) is 0. The highest BCUT2D eigenvalue weighted by Gasteiger charge is 2.38. The molecule has 3 unspecified atom stereocenters. The molecule has 2 heteroatoms. The molecule has 290 valence electrons. The smallest absolute Gasteiger partial charge is 0.126 e. The van der Waals surface area contributed by atoms with Gasteiger partial charge in [0.2, 0.25) is 0 Å². The van der Waals surface area contributed by atoms with Crippen molar-refractivity contribution in [3.8, 4) is 11.1 Å². The van der Waals surface area contributed by atoms with Gasteiger partial charge in [-0.1, -0.05) is 185 Å². The van der Waals surface area contributed by atoms with Gasteiger partial charge in [0.15, 0.2) is 0 Å². The fourth-order valence-electron chi connectivity index (χ4n) is 10.3. The molecule has 1 aromatic heterocycles. The van der Waals surface area contributed by atoms with Gasteiger partial charge in [0.1, 0.15) is 5.82 Å². The van der Waals surface area contributed by atoms with Gasteiger partial charge in [-0.25, -0.2) is 4.39 Å². The van der Waals surface area contributed by atoms with Crippen molar-refractivity contribution >= 4 is 42.3 Å². The monoisotopic (exact) mass is 784 g/mol.